The van der Waals surface area contributed by atoms with Gasteiger partial charge in [-0.05, 0) is 36.4 Å². The number of methoxy groups -OCH3 is 3. The number of rotatable bonds is 9. The number of nitro groups is 1. The Bertz CT molecular complexity index is 1730. The Morgan fingerprint density at radius 1 is 0.932 bits per heavy atom. The van der Waals surface area contributed by atoms with E-state index in [4.69, 9.17) is 37.4 Å². The van der Waals surface area contributed by atoms with Crippen LogP contribution in [0.25, 0.3) is 22.5 Å². The second-order valence-electron chi connectivity index (χ2n) is 9.32. The van der Waals surface area contributed by atoms with E-state index in [-0.39, 0.29) is 17.2 Å². The van der Waals surface area contributed by atoms with Crippen LogP contribution in [0, 0.1) is 10.1 Å². The molecule has 1 saturated heterocycles. The van der Waals surface area contributed by atoms with Crippen molar-refractivity contribution in [1.29, 1.82) is 0 Å². The summed E-state index contributed by atoms with van der Waals surface area (Å²) >= 11 is 12.3. The lowest BCUT2D eigenvalue weighted by atomic mass is 9.94. The van der Waals surface area contributed by atoms with Crippen LogP contribution >= 0.6 is 23.2 Å². The first-order chi connectivity index (χ1) is 21.1. The molecule has 2 N–H and O–H groups in total. The minimum absolute atomic E-state index is 0.115. The summed E-state index contributed by atoms with van der Waals surface area (Å²) in [5, 5.41) is 14.4. The maximum Gasteiger partial charge on any atom is 0.340 e. The molecule has 3 aromatic carbocycles. The highest BCUT2D eigenvalue weighted by Gasteiger charge is 2.50. The highest BCUT2D eigenvalue weighted by atomic mass is 35.5. The van der Waals surface area contributed by atoms with Crippen LogP contribution in [0.15, 0.2) is 66.7 Å². The maximum absolute atomic E-state index is 13.1. The highest BCUT2D eigenvalue weighted by Crippen LogP contribution is 2.42. The fourth-order valence-electron chi connectivity index (χ4n) is 4.67. The largest absolute Gasteiger partial charge is 0.493 e. The van der Waals surface area contributed by atoms with Crippen molar-refractivity contribution in [3.63, 3.8) is 0 Å². The monoisotopic (exact) mass is 638 g/mol. The molecule has 1 aromatic heterocycles. The first-order valence-electron chi connectivity index (χ1n) is 12.9. The predicted octanol–water partition coefficient (Wildman–Crippen LogP) is 5.63. The molecule has 13 nitrogen and oxygen atoms in total. The topological polar surface area (TPSA) is 158 Å². The summed E-state index contributed by atoms with van der Waals surface area (Å²) in [6.45, 7) is 0. The van der Waals surface area contributed by atoms with Gasteiger partial charge in [-0.25, -0.2) is 25.2 Å². The van der Waals surface area contributed by atoms with E-state index < -0.39 is 28.3 Å². The Hall–Kier alpha value is -5.14. The van der Waals surface area contributed by atoms with Gasteiger partial charge < -0.3 is 14.2 Å². The number of aromatic nitrogens is 2. The Balaban J connectivity index is 1.49. The molecule has 5 rings (SSSR count). The van der Waals surface area contributed by atoms with Crippen LogP contribution in [-0.4, -0.2) is 58.5 Å². The number of nitrogens with one attached hydrogen (secondary N) is 2. The van der Waals surface area contributed by atoms with Gasteiger partial charge in [-0.3, -0.25) is 20.2 Å². The van der Waals surface area contributed by atoms with Gasteiger partial charge in [-0.15, -0.1) is 11.6 Å². The molecule has 0 saturated carbocycles. The van der Waals surface area contributed by atoms with Crippen molar-refractivity contribution in [1.82, 2.24) is 20.4 Å². The SMILES string of the molecule is COc1cc(-c2cc(-c3ccc(Cl)cc3)nc(NC(=O)NN3C(=O)C(Cl)C3c3ccccc3[N+](=O)[O-])n2)cc(OC)c1OC. The van der Waals surface area contributed by atoms with E-state index in [2.05, 4.69) is 20.7 Å². The molecule has 2 atom stereocenters. The average Bonchev–Trinajstić information content (AvgIpc) is 3.03. The van der Waals surface area contributed by atoms with Gasteiger partial charge in [0, 0.05) is 22.2 Å². The van der Waals surface area contributed by atoms with Crippen molar-refractivity contribution >= 4 is 46.8 Å². The number of carbonyl (C=O) groups excluding carboxylic acids is 2. The molecule has 0 aliphatic carbocycles. The van der Waals surface area contributed by atoms with Crippen LogP contribution in [0.2, 0.25) is 5.02 Å². The Morgan fingerprint density at radius 2 is 1.55 bits per heavy atom. The quantitative estimate of drug-likeness (QED) is 0.103. The molecule has 1 aliphatic heterocycles. The first-order valence-corrected chi connectivity index (χ1v) is 13.7. The summed E-state index contributed by atoms with van der Waals surface area (Å²) in [6.07, 6.45) is 0. The number of hydrogen-bond acceptors (Lipinski definition) is 9. The van der Waals surface area contributed by atoms with Crippen molar-refractivity contribution in [3.05, 3.63) is 87.4 Å². The van der Waals surface area contributed by atoms with E-state index in [9.17, 15) is 19.7 Å². The molecular weight excluding hydrogens is 615 g/mol. The number of hydrogen-bond donors (Lipinski definition) is 2. The fourth-order valence-corrected chi connectivity index (χ4v) is 5.15. The number of urea groups is 1. The summed E-state index contributed by atoms with van der Waals surface area (Å²) in [5.74, 6) is 0.395. The number of anilines is 1. The number of halogens is 2. The lowest BCUT2D eigenvalue weighted by Gasteiger charge is -2.43. The Kier molecular flexibility index (Phi) is 8.69. The number of carbonyl (C=O) groups is 2. The van der Waals surface area contributed by atoms with Crippen molar-refractivity contribution in [2.24, 2.45) is 0 Å². The van der Waals surface area contributed by atoms with Crippen molar-refractivity contribution < 1.29 is 28.7 Å². The maximum atomic E-state index is 13.1. The lowest BCUT2D eigenvalue weighted by molar-refractivity contribution is -0.386. The average molecular weight is 639 g/mol. The zero-order valence-corrected chi connectivity index (χ0v) is 24.9. The fraction of sp³-hybridized carbons (Fsp3) is 0.172. The lowest BCUT2D eigenvalue weighted by Crippen LogP contribution is -2.63. The standard InChI is InChI=1S/C29H24Cl2N6O7/c1-42-22-12-16(13-23(43-2)26(22)44-3)20-14-19(15-8-10-17(30)11-9-15)32-28(33-20)34-29(39)35-36-25(24(31)27(36)38)18-6-4-5-7-21(18)37(40)41/h4-14,24-25H,1-3H3,(H2,32,33,34,35,39). The van der Waals surface area contributed by atoms with E-state index in [0.29, 0.717) is 44.8 Å². The number of benzene rings is 3. The molecule has 2 unspecified atom stereocenters. The van der Waals surface area contributed by atoms with Crippen LogP contribution in [0.1, 0.15) is 11.6 Å². The smallest absolute Gasteiger partial charge is 0.340 e. The van der Waals surface area contributed by atoms with Gasteiger partial charge >= 0.3 is 6.03 Å². The van der Waals surface area contributed by atoms with E-state index in [1.807, 2.05) is 0 Å². The normalized spacial score (nSPS) is 15.7. The number of hydrazine groups is 1. The molecule has 0 radical (unpaired) electrons. The zero-order valence-electron chi connectivity index (χ0n) is 23.4. The number of nitro benzene ring substituents is 1. The van der Waals surface area contributed by atoms with Crippen LogP contribution in [0.3, 0.4) is 0 Å². The van der Waals surface area contributed by atoms with Gasteiger partial charge in [-0.2, -0.15) is 0 Å². The third-order valence-electron chi connectivity index (χ3n) is 6.75. The number of ether oxygens (including phenoxy) is 3. The van der Waals surface area contributed by atoms with E-state index in [0.717, 1.165) is 5.01 Å². The summed E-state index contributed by atoms with van der Waals surface area (Å²) < 4.78 is 16.4. The molecular formula is C29H24Cl2N6O7. The molecule has 1 aliphatic rings. The molecule has 1 fully saturated rings. The number of nitrogens with zero attached hydrogens (tertiary/aromatic N) is 4. The summed E-state index contributed by atoms with van der Waals surface area (Å²) in [4.78, 5) is 45.7. The van der Waals surface area contributed by atoms with E-state index in [1.54, 1.807) is 48.5 Å². The van der Waals surface area contributed by atoms with Crippen molar-refractivity contribution in [2.75, 3.05) is 26.6 Å². The predicted molar refractivity (Wildman–Crippen MR) is 162 cm³/mol. The second kappa shape index (κ2) is 12.6. The van der Waals surface area contributed by atoms with Gasteiger partial charge in [0.05, 0.1) is 43.2 Å². The molecule has 3 amide bonds. The van der Waals surface area contributed by atoms with Gasteiger partial charge in [-0.1, -0.05) is 35.9 Å². The molecule has 15 heteroatoms. The van der Waals surface area contributed by atoms with Gasteiger partial charge in [0.15, 0.2) is 11.5 Å². The highest BCUT2D eigenvalue weighted by molar-refractivity contribution is 6.33. The molecule has 44 heavy (non-hydrogen) atoms. The van der Waals surface area contributed by atoms with Gasteiger partial charge in [0.2, 0.25) is 11.7 Å². The molecule has 226 valence electrons. The third-order valence-corrected chi connectivity index (χ3v) is 7.43. The van der Waals surface area contributed by atoms with Crippen LogP contribution < -0.4 is 25.0 Å². The van der Waals surface area contributed by atoms with E-state index in [1.165, 1.54) is 39.5 Å². The second-order valence-corrected chi connectivity index (χ2v) is 10.2. The summed E-state index contributed by atoms with van der Waals surface area (Å²) in [6, 6.07) is 16.0. The zero-order chi connectivity index (χ0) is 31.5. The van der Waals surface area contributed by atoms with Crippen LogP contribution in [-0.2, 0) is 4.79 Å². The summed E-state index contributed by atoms with van der Waals surface area (Å²) in [5.41, 5.74) is 4.40. The van der Waals surface area contributed by atoms with E-state index >= 15 is 0 Å². The Labute approximate surface area is 260 Å². The minimum Gasteiger partial charge on any atom is -0.493 e. The van der Waals surface area contributed by atoms with Crippen molar-refractivity contribution in [3.8, 4) is 39.8 Å². The molecule has 2 heterocycles. The first kappa shape index (κ1) is 30.3. The van der Waals surface area contributed by atoms with Gasteiger partial charge in [0.25, 0.3) is 11.6 Å². The molecule has 4 aromatic rings. The number of β-lactam (4-membered cyclic amide) rings is 1. The number of alkyl halides is 1. The number of para-hydroxylation sites is 1. The van der Waals surface area contributed by atoms with Gasteiger partial charge in [0.1, 0.15) is 11.4 Å². The molecule has 0 bridgehead atoms. The molecule has 0 spiro atoms. The van der Waals surface area contributed by atoms with Crippen molar-refractivity contribution in [2.45, 2.75) is 11.4 Å². The number of amides is 3. The minimum atomic E-state index is -1.12. The summed E-state index contributed by atoms with van der Waals surface area (Å²) in [7, 11) is 4.45. The Morgan fingerprint density at radius 3 is 2.14 bits per heavy atom. The van der Waals surface area contributed by atoms with Crippen LogP contribution in [0.4, 0.5) is 16.4 Å². The third kappa shape index (κ3) is 5.87. The van der Waals surface area contributed by atoms with Crippen LogP contribution in [0.5, 0.6) is 17.2 Å².